The Labute approximate surface area is 118 Å². The topological polar surface area (TPSA) is 70.1 Å². The van der Waals surface area contributed by atoms with Gasteiger partial charge in [-0.05, 0) is 12.5 Å². The van der Waals surface area contributed by atoms with Crippen LogP contribution in [0.5, 0.6) is 0 Å². The lowest BCUT2D eigenvalue weighted by molar-refractivity contribution is 0.0515. The average Bonchev–Trinajstić information content (AvgIpc) is 2.76. The maximum Gasteiger partial charge on any atom is 0.358 e. The summed E-state index contributed by atoms with van der Waals surface area (Å²) in [5, 5.41) is 0. The monoisotopic (exact) mass is 273 g/mol. The third-order valence-corrected chi connectivity index (χ3v) is 3.04. The van der Waals surface area contributed by atoms with Gasteiger partial charge in [-0.1, -0.05) is 37.3 Å². The number of hydrogen-bond acceptors (Lipinski definition) is 4. The van der Waals surface area contributed by atoms with Gasteiger partial charge in [0.2, 0.25) is 0 Å². The van der Waals surface area contributed by atoms with Gasteiger partial charge in [0.05, 0.1) is 6.61 Å². The Balaban J connectivity index is 2.41. The molecule has 0 aliphatic heterocycles. The lowest BCUT2D eigenvalue weighted by atomic mass is 10.2. The molecule has 1 aromatic heterocycles. The smallest absolute Gasteiger partial charge is 0.358 e. The standard InChI is InChI=1S/C15H19N3O2/c1-3-12-17-14(16)13(15(19)20-4-2)18(12)10-11-8-6-5-7-9-11/h5-9H,3-4,10,16H2,1-2H3. The summed E-state index contributed by atoms with van der Waals surface area (Å²) >= 11 is 0. The van der Waals surface area contributed by atoms with Crippen LogP contribution in [0.1, 0.15) is 35.7 Å². The number of carbonyl (C=O) groups is 1. The Morgan fingerprint density at radius 3 is 2.60 bits per heavy atom. The molecule has 0 bridgehead atoms. The maximum atomic E-state index is 12.0. The fourth-order valence-corrected chi connectivity index (χ4v) is 2.14. The summed E-state index contributed by atoms with van der Waals surface area (Å²) in [6.07, 6.45) is 0.705. The Bertz CT molecular complexity index is 591. The van der Waals surface area contributed by atoms with E-state index in [1.807, 2.05) is 41.8 Å². The molecule has 0 radical (unpaired) electrons. The number of hydrogen-bond donors (Lipinski definition) is 1. The molecule has 0 atom stereocenters. The van der Waals surface area contributed by atoms with Crippen molar-refractivity contribution in [2.24, 2.45) is 0 Å². The van der Waals surface area contributed by atoms with Crippen molar-refractivity contribution >= 4 is 11.8 Å². The average molecular weight is 273 g/mol. The number of ether oxygens (including phenoxy) is 1. The van der Waals surface area contributed by atoms with Crippen LogP contribution < -0.4 is 5.73 Å². The highest BCUT2D eigenvalue weighted by Gasteiger charge is 2.21. The van der Waals surface area contributed by atoms with Crippen LogP contribution in [0.2, 0.25) is 0 Å². The lowest BCUT2D eigenvalue weighted by Gasteiger charge is -2.11. The van der Waals surface area contributed by atoms with Gasteiger partial charge in [-0.2, -0.15) is 0 Å². The molecule has 0 fully saturated rings. The molecule has 2 N–H and O–H groups in total. The van der Waals surface area contributed by atoms with E-state index in [0.29, 0.717) is 25.3 Å². The van der Waals surface area contributed by atoms with Crippen LogP contribution in [-0.4, -0.2) is 22.1 Å². The normalized spacial score (nSPS) is 10.5. The molecule has 0 aliphatic rings. The molecule has 1 heterocycles. The van der Waals surface area contributed by atoms with Gasteiger partial charge in [-0.25, -0.2) is 9.78 Å². The zero-order valence-electron chi connectivity index (χ0n) is 11.8. The first-order valence-electron chi connectivity index (χ1n) is 6.73. The number of benzene rings is 1. The number of nitrogens with zero attached hydrogens (tertiary/aromatic N) is 2. The molecule has 1 aromatic carbocycles. The van der Waals surface area contributed by atoms with E-state index >= 15 is 0 Å². The van der Waals surface area contributed by atoms with Crippen molar-refractivity contribution in [3.8, 4) is 0 Å². The van der Waals surface area contributed by atoms with Crippen LogP contribution in [0.3, 0.4) is 0 Å². The summed E-state index contributed by atoms with van der Waals surface area (Å²) in [5.41, 5.74) is 7.30. The van der Waals surface area contributed by atoms with Crippen molar-refractivity contribution in [3.05, 3.63) is 47.4 Å². The first kappa shape index (κ1) is 14.1. The van der Waals surface area contributed by atoms with Crippen LogP contribution in [0.15, 0.2) is 30.3 Å². The summed E-state index contributed by atoms with van der Waals surface area (Å²) in [6, 6.07) is 9.89. The Kier molecular flexibility index (Phi) is 4.40. The minimum absolute atomic E-state index is 0.233. The zero-order chi connectivity index (χ0) is 14.5. The number of anilines is 1. The van der Waals surface area contributed by atoms with Gasteiger partial charge in [-0.3, -0.25) is 0 Å². The maximum absolute atomic E-state index is 12.0. The molecule has 20 heavy (non-hydrogen) atoms. The van der Waals surface area contributed by atoms with E-state index in [4.69, 9.17) is 10.5 Å². The van der Waals surface area contributed by atoms with E-state index in [-0.39, 0.29) is 5.82 Å². The van der Waals surface area contributed by atoms with Gasteiger partial charge >= 0.3 is 5.97 Å². The molecule has 2 aromatic rings. The summed E-state index contributed by atoms with van der Waals surface area (Å²) < 4.78 is 6.90. The zero-order valence-corrected chi connectivity index (χ0v) is 11.8. The largest absolute Gasteiger partial charge is 0.461 e. The molecule has 5 heteroatoms. The predicted molar refractivity (Wildman–Crippen MR) is 77.5 cm³/mol. The number of nitrogens with two attached hydrogens (primary N) is 1. The Morgan fingerprint density at radius 1 is 1.30 bits per heavy atom. The van der Waals surface area contributed by atoms with Gasteiger partial charge < -0.3 is 15.0 Å². The molecule has 0 amide bonds. The van der Waals surface area contributed by atoms with Crippen molar-refractivity contribution in [2.45, 2.75) is 26.8 Å². The first-order chi connectivity index (χ1) is 9.67. The second kappa shape index (κ2) is 6.23. The predicted octanol–water partition coefficient (Wildman–Crippen LogP) is 2.25. The number of carbonyl (C=O) groups excluding carboxylic acids is 1. The highest BCUT2D eigenvalue weighted by atomic mass is 16.5. The van der Waals surface area contributed by atoms with Crippen LogP contribution in [0.25, 0.3) is 0 Å². The van der Waals surface area contributed by atoms with E-state index in [0.717, 1.165) is 11.4 Å². The highest BCUT2D eigenvalue weighted by molar-refractivity contribution is 5.92. The van der Waals surface area contributed by atoms with Crippen LogP contribution in [0, 0.1) is 0 Å². The molecular weight excluding hydrogens is 254 g/mol. The minimum atomic E-state index is -0.423. The fourth-order valence-electron chi connectivity index (χ4n) is 2.14. The number of aryl methyl sites for hydroxylation is 1. The number of esters is 1. The van der Waals surface area contributed by atoms with Gasteiger partial charge in [0.15, 0.2) is 11.5 Å². The van der Waals surface area contributed by atoms with E-state index in [1.54, 1.807) is 6.92 Å². The number of imidazole rings is 1. The van der Waals surface area contributed by atoms with Crippen LogP contribution >= 0.6 is 0 Å². The first-order valence-corrected chi connectivity index (χ1v) is 6.73. The SMILES string of the molecule is CCOC(=O)c1c(N)nc(CC)n1Cc1ccccc1. The molecular formula is C15H19N3O2. The van der Waals surface area contributed by atoms with Gasteiger partial charge in [-0.15, -0.1) is 0 Å². The van der Waals surface area contributed by atoms with E-state index in [1.165, 1.54) is 0 Å². The fraction of sp³-hybridized carbons (Fsp3) is 0.333. The molecule has 106 valence electrons. The minimum Gasteiger partial charge on any atom is -0.461 e. The van der Waals surface area contributed by atoms with E-state index < -0.39 is 5.97 Å². The molecule has 5 nitrogen and oxygen atoms in total. The number of rotatable bonds is 5. The summed E-state index contributed by atoms with van der Waals surface area (Å²) in [4.78, 5) is 16.3. The van der Waals surface area contributed by atoms with Crippen molar-refractivity contribution < 1.29 is 9.53 Å². The van der Waals surface area contributed by atoms with E-state index in [2.05, 4.69) is 4.98 Å². The Morgan fingerprint density at radius 2 is 2.00 bits per heavy atom. The molecule has 0 unspecified atom stereocenters. The second-order valence-corrected chi connectivity index (χ2v) is 4.41. The Hall–Kier alpha value is -2.30. The molecule has 0 saturated heterocycles. The summed E-state index contributed by atoms with van der Waals surface area (Å²) in [6.45, 7) is 4.63. The van der Waals surface area contributed by atoms with Crippen LogP contribution in [-0.2, 0) is 17.7 Å². The van der Waals surface area contributed by atoms with Crippen LogP contribution in [0.4, 0.5) is 5.82 Å². The number of aromatic nitrogens is 2. The van der Waals surface area contributed by atoms with Gasteiger partial charge in [0.25, 0.3) is 0 Å². The molecule has 0 aliphatic carbocycles. The highest BCUT2D eigenvalue weighted by Crippen LogP contribution is 2.18. The van der Waals surface area contributed by atoms with Crippen molar-refractivity contribution in [3.63, 3.8) is 0 Å². The second-order valence-electron chi connectivity index (χ2n) is 4.41. The van der Waals surface area contributed by atoms with E-state index in [9.17, 15) is 4.79 Å². The molecule has 0 saturated carbocycles. The molecule has 0 spiro atoms. The summed E-state index contributed by atoms with van der Waals surface area (Å²) in [7, 11) is 0. The van der Waals surface area contributed by atoms with Gasteiger partial charge in [0, 0.05) is 13.0 Å². The van der Waals surface area contributed by atoms with Crippen molar-refractivity contribution in [1.29, 1.82) is 0 Å². The lowest BCUT2D eigenvalue weighted by Crippen LogP contribution is -2.16. The third kappa shape index (κ3) is 2.82. The van der Waals surface area contributed by atoms with Crippen molar-refractivity contribution in [1.82, 2.24) is 9.55 Å². The van der Waals surface area contributed by atoms with Gasteiger partial charge in [0.1, 0.15) is 5.82 Å². The molecule has 2 rings (SSSR count). The third-order valence-electron chi connectivity index (χ3n) is 3.04. The summed E-state index contributed by atoms with van der Waals surface area (Å²) in [5.74, 6) is 0.596. The van der Waals surface area contributed by atoms with Crippen molar-refractivity contribution in [2.75, 3.05) is 12.3 Å². The number of nitrogen functional groups attached to an aromatic ring is 1. The quantitative estimate of drug-likeness (QED) is 0.848.